The van der Waals surface area contributed by atoms with Crippen molar-refractivity contribution in [2.24, 2.45) is 0 Å². The van der Waals surface area contributed by atoms with Crippen LogP contribution in [0.15, 0.2) is 28.8 Å². The van der Waals surface area contributed by atoms with Crippen LogP contribution in [0.25, 0.3) is 0 Å². The molecular formula is C15H19FN2O. The Labute approximate surface area is 113 Å². The number of benzene rings is 1. The van der Waals surface area contributed by atoms with E-state index in [1.54, 1.807) is 6.07 Å². The molecule has 4 heteroatoms. The van der Waals surface area contributed by atoms with Gasteiger partial charge in [-0.2, -0.15) is 0 Å². The van der Waals surface area contributed by atoms with E-state index in [-0.39, 0.29) is 11.9 Å². The predicted molar refractivity (Wildman–Crippen MR) is 72.3 cm³/mol. The first-order valence-electron chi connectivity index (χ1n) is 6.37. The van der Waals surface area contributed by atoms with E-state index < -0.39 is 0 Å². The highest BCUT2D eigenvalue weighted by atomic mass is 19.1. The summed E-state index contributed by atoms with van der Waals surface area (Å²) in [4.78, 5) is 2.09. The second-order valence-electron chi connectivity index (χ2n) is 4.92. The smallest absolute Gasteiger partial charge is 0.138 e. The molecule has 1 aromatic heterocycles. The third-order valence-electron chi connectivity index (χ3n) is 3.61. The summed E-state index contributed by atoms with van der Waals surface area (Å²) >= 11 is 0. The molecule has 102 valence electrons. The Balaban J connectivity index is 2.17. The van der Waals surface area contributed by atoms with Crippen molar-refractivity contribution in [2.45, 2.75) is 33.4 Å². The van der Waals surface area contributed by atoms with Gasteiger partial charge in [0.25, 0.3) is 0 Å². The van der Waals surface area contributed by atoms with Crippen molar-refractivity contribution in [1.29, 1.82) is 0 Å². The second-order valence-corrected chi connectivity index (χ2v) is 4.92. The SMILES string of the molecule is Cc1noc(C)c1CN(C)[C@H](C)c1ccccc1F. The van der Waals surface area contributed by atoms with E-state index in [0.717, 1.165) is 17.0 Å². The van der Waals surface area contributed by atoms with Crippen molar-refractivity contribution in [3.63, 3.8) is 0 Å². The molecule has 2 aromatic rings. The van der Waals surface area contributed by atoms with Crippen LogP contribution in [0.3, 0.4) is 0 Å². The summed E-state index contributed by atoms with van der Waals surface area (Å²) < 4.78 is 18.9. The minimum Gasteiger partial charge on any atom is -0.361 e. The Morgan fingerprint density at radius 1 is 1.32 bits per heavy atom. The van der Waals surface area contributed by atoms with Crippen molar-refractivity contribution in [1.82, 2.24) is 10.1 Å². The number of aryl methyl sites for hydroxylation is 2. The van der Waals surface area contributed by atoms with Crippen LogP contribution in [-0.4, -0.2) is 17.1 Å². The van der Waals surface area contributed by atoms with Crippen LogP contribution < -0.4 is 0 Å². The van der Waals surface area contributed by atoms with E-state index in [1.807, 2.05) is 40.0 Å². The minimum atomic E-state index is -0.166. The largest absolute Gasteiger partial charge is 0.361 e. The fraction of sp³-hybridized carbons (Fsp3) is 0.400. The monoisotopic (exact) mass is 262 g/mol. The Bertz CT molecular complexity index is 546. The van der Waals surface area contributed by atoms with Gasteiger partial charge in [0.2, 0.25) is 0 Å². The highest BCUT2D eigenvalue weighted by Crippen LogP contribution is 2.24. The van der Waals surface area contributed by atoms with E-state index >= 15 is 0 Å². The number of hydrogen-bond donors (Lipinski definition) is 0. The Morgan fingerprint density at radius 2 is 2.00 bits per heavy atom. The molecule has 0 aliphatic carbocycles. The van der Waals surface area contributed by atoms with Crippen LogP contribution in [0.4, 0.5) is 4.39 Å². The lowest BCUT2D eigenvalue weighted by Crippen LogP contribution is -2.23. The lowest BCUT2D eigenvalue weighted by Gasteiger charge is -2.25. The van der Waals surface area contributed by atoms with E-state index in [9.17, 15) is 4.39 Å². The van der Waals surface area contributed by atoms with Crippen LogP contribution in [0.5, 0.6) is 0 Å². The maximum Gasteiger partial charge on any atom is 0.138 e. The molecule has 1 heterocycles. The maximum absolute atomic E-state index is 13.8. The van der Waals surface area contributed by atoms with E-state index in [0.29, 0.717) is 12.1 Å². The first-order chi connectivity index (χ1) is 9.00. The molecule has 0 aliphatic rings. The van der Waals surface area contributed by atoms with Crippen LogP contribution in [-0.2, 0) is 6.54 Å². The summed E-state index contributed by atoms with van der Waals surface area (Å²) in [6.45, 7) is 6.51. The predicted octanol–water partition coefficient (Wildman–Crippen LogP) is 3.62. The van der Waals surface area contributed by atoms with Crippen LogP contribution in [0.1, 0.15) is 35.5 Å². The molecule has 0 radical (unpaired) electrons. The minimum absolute atomic E-state index is 0.00472. The van der Waals surface area contributed by atoms with Gasteiger partial charge < -0.3 is 4.52 Å². The van der Waals surface area contributed by atoms with Gasteiger partial charge in [-0.3, -0.25) is 4.90 Å². The summed E-state index contributed by atoms with van der Waals surface area (Å²) in [6.07, 6.45) is 0. The quantitative estimate of drug-likeness (QED) is 0.842. The molecule has 0 saturated heterocycles. The molecule has 0 unspecified atom stereocenters. The number of rotatable bonds is 4. The summed E-state index contributed by atoms with van der Waals surface area (Å²) in [7, 11) is 1.98. The van der Waals surface area contributed by atoms with Crippen LogP contribution in [0, 0.1) is 19.7 Å². The molecule has 0 bridgehead atoms. The summed E-state index contributed by atoms with van der Waals surface area (Å²) in [5.41, 5.74) is 2.67. The summed E-state index contributed by atoms with van der Waals surface area (Å²) in [5.74, 6) is 0.658. The average Bonchev–Trinajstić information content (AvgIpc) is 2.70. The van der Waals surface area contributed by atoms with Crippen molar-refractivity contribution < 1.29 is 8.91 Å². The Kier molecular flexibility index (Phi) is 4.00. The van der Waals surface area contributed by atoms with Crippen molar-refractivity contribution in [3.05, 3.63) is 52.7 Å². The molecule has 1 atom stereocenters. The molecule has 3 nitrogen and oxygen atoms in total. The standard InChI is InChI=1S/C15H19FN2O/c1-10-14(12(3)19-17-10)9-18(4)11(2)13-7-5-6-8-15(13)16/h5-8,11H,9H2,1-4H3/t11-/m1/s1. The lowest BCUT2D eigenvalue weighted by atomic mass is 10.1. The molecule has 0 N–H and O–H groups in total. The summed E-state index contributed by atoms with van der Waals surface area (Å²) in [5, 5.41) is 3.94. The third-order valence-corrected chi connectivity index (χ3v) is 3.61. The molecule has 0 aliphatic heterocycles. The van der Waals surface area contributed by atoms with Gasteiger partial charge in [-0.05, 0) is 33.9 Å². The van der Waals surface area contributed by atoms with E-state index in [4.69, 9.17) is 4.52 Å². The van der Waals surface area contributed by atoms with Gasteiger partial charge in [0.15, 0.2) is 0 Å². The number of halogens is 1. The molecule has 0 fully saturated rings. The highest BCUT2D eigenvalue weighted by molar-refractivity contribution is 5.23. The topological polar surface area (TPSA) is 29.3 Å². The van der Waals surface area contributed by atoms with E-state index in [1.165, 1.54) is 6.07 Å². The van der Waals surface area contributed by atoms with Gasteiger partial charge in [-0.1, -0.05) is 23.4 Å². The van der Waals surface area contributed by atoms with Crippen molar-refractivity contribution in [2.75, 3.05) is 7.05 Å². The zero-order chi connectivity index (χ0) is 14.0. The summed E-state index contributed by atoms with van der Waals surface area (Å²) in [6, 6.07) is 6.88. The zero-order valence-electron chi connectivity index (χ0n) is 11.8. The number of hydrogen-bond acceptors (Lipinski definition) is 3. The second kappa shape index (κ2) is 5.53. The van der Waals surface area contributed by atoms with Crippen molar-refractivity contribution in [3.8, 4) is 0 Å². The third kappa shape index (κ3) is 2.84. The van der Waals surface area contributed by atoms with E-state index in [2.05, 4.69) is 10.1 Å². The molecule has 0 amide bonds. The molecular weight excluding hydrogens is 243 g/mol. The molecule has 2 rings (SSSR count). The number of aromatic nitrogens is 1. The average molecular weight is 262 g/mol. The first kappa shape index (κ1) is 13.7. The molecule has 0 saturated carbocycles. The number of nitrogens with zero attached hydrogens (tertiary/aromatic N) is 2. The molecule has 19 heavy (non-hydrogen) atoms. The van der Waals surface area contributed by atoms with Gasteiger partial charge in [-0.25, -0.2) is 4.39 Å². The fourth-order valence-electron chi connectivity index (χ4n) is 2.17. The molecule has 1 aromatic carbocycles. The van der Waals surface area contributed by atoms with Gasteiger partial charge >= 0.3 is 0 Å². The van der Waals surface area contributed by atoms with Crippen LogP contribution >= 0.6 is 0 Å². The lowest BCUT2D eigenvalue weighted by molar-refractivity contribution is 0.246. The Hall–Kier alpha value is -1.68. The van der Waals surface area contributed by atoms with Gasteiger partial charge in [-0.15, -0.1) is 0 Å². The highest BCUT2D eigenvalue weighted by Gasteiger charge is 2.18. The molecule has 0 spiro atoms. The van der Waals surface area contributed by atoms with Gasteiger partial charge in [0.1, 0.15) is 11.6 Å². The fourth-order valence-corrected chi connectivity index (χ4v) is 2.17. The zero-order valence-corrected chi connectivity index (χ0v) is 11.8. The maximum atomic E-state index is 13.8. The van der Waals surface area contributed by atoms with Crippen LogP contribution in [0.2, 0.25) is 0 Å². The normalized spacial score (nSPS) is 12.9. The first-order valence-corrected chi connectivity index (χ1v) is 6.37. The van der Waals surface area contributed by atoms with Gasteiger partial charge in [0.05, 0.1) is 5.69 Å². The Morgan fingerprint density at radius 3 is 2.58 bits per heavy atom. The van der Waals surface area contributed by atoms with Gasteiger partial charge in [0, 0.05) is 23.7 Å². The van der Waals surface area contributed by atoms with Crippen molar-refractivity contribution >= 4 is 0 Å².